The summed E-state index contributed by atoms with van der Waals surface area (Å²) >= 11 is 0. The number of carbonyl (C=O) groups is 3. The summed E-state index contributed by atoms with van der Waals surface area (Å²) in [5, 5.41) is 5.07. The van der Waals surface area contributed by atoms with Crippen LogP contribution in [0.25, 0.3) is 0 Å². The molecule has 1 aliphatic heterocycles. The van der Waals surface area contributed by atoms with Crippen LogP contribution in [-0.2, 0) is 16.1 Å². The number of imide groups is 1. The van der Waals surface area contributed by atoms with Crippen LogP contribution in [0.5, 0.6) is 11.5 Å². The first-order valence-electron chi connectivity index (χ1n) is 7.87. The number of amides is 4. The lowest BCUT2D eigenvalue weighted by molar-refractivity contribution is -0.126. The standard InChI is InChI=1S/C16H19F2N3O5/c1-25-12-7-10(4-5-11(12)26-15(17)18)8-19-13(22)3-2-6-21-14(23)9-20-16(21)24/h4-5,7,15H,2-3,6,8-9H2,1H3,(H,19,22)(H,20,24). The first-order chi connectivity index (χ1) is 12.4. The van der Waals surface area contributed by atoms with Crippen LogP contribution in [0.15, 0.2) is 18.2 Å². The minimum Gasteiger partial charge on any atom is -0.493 e. The van der Waals surface area contributed by atoms with Gasteiger partial charge in [-0.25, -0.2) is 4.79 Å². The van der Waals surface area contributed by atoms with Crippen molar-refractivity contribution in [3.63, 3.8) is 0 Å². The number of hydrogen-bond donors (Lipinski definition) is 2. The van der Waals surface area contributed by atoms with Gasteiger partial charge in [-0.15, -0.1) is 0 Å². The highest BCUT2D eigenvalue weighted by Gasteiger charge is 2.27. The van der Waals surface area contributed by atoms with Crippen LogP contribution < -0.4 is 20.1 Å². The molecule has 0 atom stereocenters. The fraction of sp³-hybridized carbons (Fsp3) is 0.438. The number of halogens is 2. The lowest BCUT2D eigenvalue weighted by Gasteiger charge is -2.13. The molecule has 142 valence electrons. The van der Waals surface area contributed by atoms with E-state index in [-0.39, 0.29) is 49.4 Å². The zero-order valence-corrected chi connectivity index (χ0v) is 14.1. The second kappa shape index (κ2) is 8.97. The van der Waals surface area contributed by atoms with Gasteiger partial charge in [-0.05, 0) is 24.1 Å². The minimum absolute atomic E-state index is 0.0157. The molecule has 0 aromatic heterocycles. The summed E-state index contributed by atoms with van der Waals surface area (Å²) in [5.74, 6) is -0.528. The zero-order chi connectivity index (χ0) is 19.1. The van der Waals surface area contributed by atoms with E-state index in [1.54, 1.807) is 0 Å². The molecule has 8 nitrogen and oxygen atoms in total. The number of nitrogens with one attached hydrogen (secondary N) is 2. The summed E-state index contributed by atoms with van der Waals surface area (Å²) in [5.41, 5.74) is 0.644. The SMILES string of the molecule is COc1cc(CNC(=O)CCCN2C(=O)CNC2=O)ccc1OC(F)F. The lowest BCUT2D eigenvalue weighted by Crippen LogP contribution is -2.32. The highest BCUT2D eigenvalue weighted by Crippen LogP contribution is 2.29. The third-order valence-corrected chi connectivity index (χ3v) is 3.66. The quantitative estimate of drug-likeness (QED) is 0.637. The molecule has 0 aliphatic carbocycles. The van der Waals surface area contributed by atoms with Crippen LogP contribution in [0.4, 0.5) is 13.6 Å². The molecule has 4 amide bonds. The van der Waals surface area contributed by atoms with Crippen LogP contribution in [0.2, 0.25) is 0 Å². The molecule has 26 heavy (non-hydrogen) atoms. The maximum absolute atomic E-state index is 12.3. The van der Waals surface area contributed by atoms with Crippen molar-refractivity contribution >= 4 is 17.8 Å². The molecule has 2 N–H and O–H groups in total. The highest BCUT2D eigenvalue weighted by molar-refractivity contribution is 6.01. The van der Waals surface area contributed by atoms with Gasteiger partial charge in [0.15, 0.2) is 11.5 Å². The number of hydrogen-bond acceptors (Lipinski definition) is 5. The molecule has 1 saturated heterocycles. The van der Waals surface area contributed by atoms with Crippen LogP contribution in [0.3, 0.4) is 0 Å². The van der Waals surface area contributed by atoms with Crippen molar-refractivity contribution in [2.24, 2.45) is 0 Å². The lowest BCUT2D eigenvalue weighted by atomic mass is 10.2. The van der Waals surface area contributed by atoms with E-state index >= 15 is 0 Å². The summed E-state index contributed by atoms with van der Waals surface area (Å²) in [6.45, 7) is -2.63. The number of urea groups is 1. The summed E-state index contributed by atoms with van der Waals surface area (Å²) in [6.07, 6.45) is 0.482. The van der Waals surface area contributed by atoms with Crippen molar-refractivity contribution in [1.82, 2.24) is 15.5 Å². The highest BCUT2D eigenvalue weighted by atomic mass is 19.3. The summed E-state index contributed by atoms with van der Waals surface area (Å²) in [7, 11) is 1.33. The number of carbonyl (C=O) groups excluding carboxylic acids is 3. The first kappa shape index (κ1) is 19.4. The number of methoxy groups -OCH3 is 1. The predicted octanol–water partition coefficient (Wildman–Crippen LogP) is 1.24. The van der Waals surface area contributed by atoms with E-state index in [4.69, 9.17) is 4.74 Å². The molecular weight excluding hydrogens is 352 g/mol. The van der Waals surface area contributed by atoms with E-state index in [1.165, 1.54) is 25.3 Å². The Kier molecular flexibility index (Phi) is 6.70. The Bertz CT molecular complexity index is 668. The van der Waals surface area contributed by atoms with E-state index in [1.807, 2.05) is 0 Å². The molecule has 1 aromatic rings. The summed E-state index contributed by atoms with van der Waals surface area (Å²) in [4.78, 5) is 35.7. The third-order valence-electron chi connectivity index (χ3n) is 3.66. The van der Waals surface area contributed by atoms with Gasteiger partial charge in [-0.1, -0.05) is 6.07 Å². The Morgan fingerprint density at radius 3 is 2.73 bits per heavy atom. The second-order valence-electron chi connectivity index (χ2n) is 5.45. The van der Waals surface area contributed by atoms with Gasteiger partial charge in [0.1, 0.15) is 0 Å². The smallest absolute Gasteiger partial charge is 0.387 e. The maximum atomic E-state index is 12.3. The molecule has 0 bridgehead atoms. The molecule has 2 rings (SSSR count). The zero-order valence-electron chi connectivity index (χ0n) is 14.1. The predicted molar refractivity (Wildman–Crippen MR) is 85.8 cm³/mol. The van der Waals surface area contributed by atoms with Crippen molar-refractivity contribution in [1.29, 1.82) is 0 Å². The molecule has 1 fully saturated rings. The fourth-order valence-electron chi connectivity index (χ4n) is 2.38. The Hall–Kier alpha value is -2.91. The average molecular weight is 371 g/mol. The van der Waals surface area contributed by atoms with Gasteiger partial charge in [0.05, 0.1) is 13.7 Å². The molecule has 10 heteroatoms. The molecule has 0 radical (unpaired) electrons. The van der Waals surface area contributed by atoms with Gasteiger partial charge in [-0.2, -0.15) is 8.78 Å². The number of benzene rings is 1. The van der Waals surface area contributed by atoms with E-state index in [0.717, 1.165) is 4.90 Å². The molecule has 1 heterocycles. The van der Waals surface area contributed by atoms with E-state index in [9.17, 15) is 23.2 Å². The van der Waals surface area contributed by atoms with Gasteiger partial charge < -0.3 is 20.1 Å². The van der Waals surface area contributed by atoms with E-state index < -0.39 is 12.6 Å². The molecule has 1 aliphatic rings. The second-order valence-corrected chi connectivity index (χ2v) is 5.45. The monoisotopic (exact) mass is 371 g/mol. The Morgan fingerprint density at radius 2 is 2.12 bits per heavy atom. The molecule has 0 unspecified atom stereocenters. The number of alkyl halides is 2. The Labute approximate surface area is 148 Å². The summed E-state index contributed by atoms with van der Waals surface area (Å²) < 4.78 is 33.9. The fourth-order valence-corrected chi connectivity index (χ4v) is 2.38. The average Bonchev–Trinajstić information content (AvgIpc) is 2.92. The van der Waals surface area contributed by atoms with Crippen LogP contribution in [0, 0.1) is 0 Å². The molecule has 0 spiro atoms. The van der Waals surface area contributed by atoms with Crippen molar-refractivity contribution in [3.05, 3.63) is 23.8 Å². The van der Waals surface area contributed by atoms with E-state index in [2.05, 4.69) is 15.4 Å². The Balaban J connectivity index is 1.78. The Morgan fingerprint density at radius 1 is 1.35 bits per heavy atom. The normalized spacial score (nSPS) is 13.8. The molecule has 0 saturated carbocycles. The maximum Gasteiger partial charge on any atom is 0.387 e. The van der Waals surface area contributed by atoms with Crippen LogP contribution in [-0.4, -0.2) is 49.6 Å². The van der Waals surface area contributed by atoms with Crippen LogP contribution in [0.1, 0.15) is 18.4 Å². The number of rotatable bonds is 9. The van der Waals surface area contributed by atoms with Crippen molar-refractivity contribution < 1.29 is 32.6 Å². The van der Waals surface area contributed by atoms with Gasteiger partial charge in [0.25, 0.3) is 0 Å². The third kappa shape index (κ3) is 5.30. The molecular formula is C16H19F2N3O5. The van der Waals surface area contributed by atoms with Gasteiger partial charge >= 0.3 is 12.6 Å². The van der Waals surface area contributed by atoms with E-state index in [0.29, 0.717) is 12.0 Å². The van der Waals surface area contributed by atoms with Gasteiger partial charge in [-0.3, -0.25) is 14.5 Å². The minimum atomic E-state index is -2.96. The number of ether oxygens (including phenoxy) is 2. The summed E-state index contributed by atoms with van der Waals surface area (Å²) in [6, 6.07) is 3.91. The van der Waals surface area contributed by atoms with Gasteiger partial charge in [0, 0.05) is 19.5 Å². The van der Waals surface area contributed by atoms with Crippen LogP contribution >= 0.6 is 0 Å². The topological polar surface area (TPSA) is 97.0 Å². The van der Waals surface area contributed by atoms with Crippen molar-refractivity contribution in [2.75, 3.05) is 20.2 Å². The number of nitrogens with zero attached hydrogens (tertiary/aromatic N) is 1. The van der Waals surface area contributed by atoms with Crippen molar-refractivity contribution in [3.8, 4) is 11.5 Å². The van der Waals surface area contributed by atoms with Crippen molar-refractivity contribution in [2.45, 2.75) is 26.0 Å². The largest absolute Gasteiger partial charge is 0.493 e. The molecule has 1 aromatic carbocycles. The first-order valence-corrected chi connectivity index (χ1v) is 7.87. The van der Waals surface area contributed by atoms with Gasteiger partial charge in [0.2, 0.25) is 11.8 Å².